The van der Waals surface area contributed by atoms with E-state index in [2.05, 4.69) is 5.32 Å². The molecule has 0 aliphatic rings. The van der Waals surface area contributed by atoms with Crippen LogP contribution in [0.1, 0.15) is 5.56 Å². The fourth-order valence-corrected chi connectivity index (χ4v) is 2.23. The number of methoxy groups -OCH3 is 2. The van der Waals surface area contributed by atoms with Crippen LogP contribution in [0.5, 0.6) is 11.5 Å². The van der Waals surface area contributed by atoms with E-state index in [4.69, 9.17) is 25.8 Å². The number of rotatable bonds is 7. The first-order valence-electron chi connectivity index (χ1n) is 7.64. The second-order valence-corrected chi connectivity index (χ2v) is 5.55. The van der Waals surface area contributed by atoms with E-state index < -0.39 is 18.5 Å². The van der Waals surface area contributed by atoms with Crippen molar-refractivity contribution in [2.45, 2.75) is 0 Å². The number of hydrogen-bond donors (Lipinski definition) is 1. The number of hydrogen-bond acceptors (Lipinski definition) is 5. The van der Waals surface area contributed by atoms with E-state index in [1.54, 1.807) is 49.6 Å². The lowest BCUT2D eigenvalue weighted by atomic mass is 10.2. The summed E-state index contributed by atoms with van der Waals surface area (Å²) in [5, 5.41) is 3.02. The molecule has 0 unspecified atom stereocenters. The molecule has 7 heteroatoms. The zero-order valence-electron chi connectivity index (χ0n) is 14.3. The third-order valence-electron chi connectivity index (χ3n) is 3.29. The van der Waals surface area contributed by atoms with Crippen molar-refractivity contribution in [3.8, 4) is 11.5 Å². The number of amides is 1. The summed E-state index contributed by atoms with van der Waals surface area (Å²) in [4.78, 5) is 23.7. The lowest BCUT2D eigenvalue weighted by molar-refractivity contribution is -0.142. The van der Waals surface area contributed by atoms with Gasteiger partial charge in [0.25, 0.3) is 5.91 Å². The first-order chi connectivity index (χ1) is 12.5. The van der Waals surface area contributed by atoms with Crippen molar-refractivity contribution >= 4 is 35.2 Å². The van der Waals surface area contributed by atoms with E-state index in [1.807, 2.05) is 6.07 Å². The quantitative estimate of drug-likeness (QED) is 0.591. The summed E-state index contributed by atoms with van der Waals surface area (Å²) in [6.07, 6.45) is 2.81. The van der Waals surface area contributed by atoms with E-state index in [9.17, 15) is 9.59 Å². The van der Waals surface area contributed by atoms with Gasteiger partial charge in [-0.1, -0.05) is 23.7 Å². The Kier molecular flexibility index (Phi) is 7.05. The number of anilines is 1. The average molecular weight is 376 g/mol. The summed E-state index contributed by atoms with van der Waals surface area (Å²) >= 11 is 5.90. The second-order valence-electron chi connectivity index (χ2n) is 5.11. The van der Waals surface area contributed by atoms with Crippen molar-refractivity contribution in [3.05, 3.63) is 59.1 Å². The molecule has 0 saturated carbocycles. The van der Waals surface area contributed by atoms with Gasteiger partial charge in [0, 0.05) is 11.1 Å². The predicted molar refractivity (Wildman–Crippen MR) is 99.6 cm³/mol. The topological polar surface area (TPSA) is 73.9 Å². The van der Waals surface area contributed by atoms with Gasteiger partial charge in [0.15, 0.2) is 6.61 Å². The molecule has 136 valence electrons. The lowest BCUT2D eigenvalue weighted by Gasteiger charge is -2.10. The molecule has 2 aromatic rings. The summed E-state index contributed by atoms with van der Waals surface area (Å²) in [6, 6.07) is 12.0. The molecule has 0 aromatic heterocycles. The van der Waals surface area contributed by atoms with Gasteiger partial charge in [-0.25, -0.2) is 4.79 Å². The summed E-state index contributed by atoms with van der Waals surface area (Å²) in [5.74, 6) is -0.0166. The minimum absolute atomic E-state index is 0.396. The molecule has 2 aromatic carbocycles. The van der Waals surface area contributed by atoms with Crippen LogP contribution in [0, 0.1) is 0 Å². The molecular weight excluding hydrogens is 358 g/mol. The zero-order valence-corrected chi connectivity index (χ0v) is 15.1. The molecule has 1 amide bonds. The maximum atomic E-state index is 11.9. The maximum Gasteiger partial charge on any atom is 0.331 e. The van der Waals surface area contributed by atoms with Gasteiger partial charge < -0.3 is 19.5 Å². The smallest absolute Gasteiger partial charge is 0.331 e. The molecule has 1 N–H and O–H groups in total. The lowest BCUT2D eigenvalue weighted by Crippen LogP contribution is -2.20. The number of carbonyl (C=O) groups is 2. The van der Waals surface area contributed by atoms with Crippen LogP contribution >= 0.6 is 11.6 Å². The zero-order chi connectivity index (χ0) is 18.9. The highest BCUT2D eigenvalue weighted by molar-refractivity contribution is 6.31. The standard InChI is InChI=1S/C19H18ClNO5/c1-24-15-5-3-4-13(10-15)6-9-19(23)26-12-18(22)21-16-11-14(20)7-8-17(16)25-2/h3-11H,12H2,1-2H3,(H,21,22)/b9-6+. The van der Waals surface area contributed by atoms with Gasteiger partial charge in [-0.2, -0.15) is 0 Å². The summed E-state index contributed by atoms with van der Waals surface area (Å²) in [6.45, 7) is -0.434. The maximum absolute atomic E-state index is 11.9. The molecule has 0 saturated heterocycles. The molecule has 0 bridgehead atoms. The number of halogens is 1. The molecule has 6 nitrogen and oxygen atoms in total. The third-order valence-corrected chi connectivity index (χ3v) is 3.52. The fourth-order valence-electron chi connectivity index (χ4n) is 2.06. The van der Waals surface area contributed by atoms with Crippen LogP contribution in [-0.2, 0) is 14.3 Å². The molecule has 0 radical (unpaired) electrons. The van der Waals surface area contributed by atoms with Gasteiger partial charge in [-0.05, 0) is 42.0 Å². The van der Waals surface area contributed by atoms with Gasteiger partial charge in [0.2, 0.25) is 0 Å². The number of nitrogens with one attached hydrogen (secondary N) is 1. The molecule has 0 atom stereocenters. The van der Waals surface area contributed by atoms with E-state index in [0.29, 0.717) is 22.2 Å². The number of benzene rings is 2. The van der Waals surface area contributed by atoms with Gasteiger partial charge in [-0.3, -0.25) is 4.79 Å². The van der Waals surface area contributed by atoms with E-state index in [1.165, 1.54) is 13.2 Å². The third kappa shape index (κ3) is 5.82. The number of esters is 1. The monoisotopic (exact) mass is 375 g/mol. The molecule has 0 spiro atoms. The average Bonchev–Trinajstić information content (AvgIpc) is 2.65. The predicted octanol–water partition coefficient (Wildman–Crippen LogP) is 3.55. The van der Waals surface area contributed by atoms with Crippen LogP contribution in [-0.4, -0.2) is 32.7 Å². The summed E-state index contributed by atoms with van der Waals surface area (Å²) < 4.78 is 15.1. The van der Waals surface area contributed by atoms with E-state index in [0.717, 1.165) is 5.56 Å². The van der Waals surface area contributed by atoms with Gasteiger partial charge in [-0.15, -0.1) is 0 Å². The van der Waals surface area contributed by atoms with Crippen molar-refractivity contribution in [2.24, 2.45) is 0 Å². The van der Waals surface area contributed by atoms with Crippen LogP contribution in [0.4, 0.5) is 5.69 Å². The molecule has 2 rings (SSSR count). The highest BCUT2D eigenvalue weighted by Crippen LogP contribution is 2.27. The van der Waals surface area contributed by atoms with Crippen molar-refractivity contribution in [1.29, 1.82) is 0 Å². The van der Waals surface area contributed by atoms with Crippen LogP contribution in [0.2, 0.25) is 5.02 Å². The number of ether oxygens (including phenoxy) is 3. The Labute approximate surface area is 156 Å². The van der Waals surface area contributed by atoms with Crippen molar-refractivity contribution in [3.63, 3.8) is 0 Å². The minimum Gasteiger partial charge on any atom is -0.497 e. The normalized spacial score (nSPS) is 10.4. The largest absolute Gasteiger partial charge is 0.497 e. The van der Waals surface area contributed by atoms with Gasteiger partial charge >= 0.3 is 5.97 Å². The van der Waals surface area contributed by atoms with Gasteiger partial charge in [0.1, 0.15) is 11.5 Å². The fraction of sp³-hybridized carbons (Fsp3) is 0.158. The highest BCUT2D eigenvalue weighted by Gasteiger charge is 2.10. The highest BCUT2D eigenvalue weighted by atomic mass is 35.5. The first-order valence-corrected chi connectivity index (χ1v) is 8.02. The minimum atomic E-state index is -0.638. The Morgan fingerprint density at radius 2 is 1.92 bits per heavy atom. The Morgan fingerprint density at radius 1 is 1.12 bits per heavy atom. The SMILES string of the molecule is COc1cccc(/C=C/C(=O)OCC(=O)Nc2cc(Cl)ccc2OC)c1. The summed E-state index contributed by atoms with van der Waals surface area (Å²) in [5.41, 5.74) is 1.17. The van der Waals surface area contributed by atoms with Crippen molar-refractivity contribution in [1.82, 2.24) is 0 Å². The van der Waals surface area contributed by atoms with Crippen LogP contribution < -0.4 is 14.8 Å². The molecule has 26 heavy (non-hydrogen) atoms. The molecule has 0 heterocycles. The first kappa shape index (κ1) is 19.3. The van der Waals surface area contributed by atoms with Gasteiger partial charge in [0.05, 0.1) is 19.9 Å². The van der Waals surface area contributed by atoms with Crippen molar-refractivity contribution in [2.75, 3.05) is 26.1 Å². The van der Waals surface area contributed by atoms with E-state index >= 15 is 0 Å². The Balaban J connectivity index is 1.87. The molecule has 0 fully saturated rings. The Hall–Kier alpha value is -2.99. The Morgan fingerprint density at radius 3 is 2.65 bits per heavy atom. The Bertz CT molecular complexity index is 819. The second kappa shape index (κ2) is 9.48. The summed E-state index contributed by atoms with van der Waals surface area (Å²) in [7, 11) is 3.03. The molecule has 0 aliphatic heterocycles. The van der Waals surface area contributed by atoms with E-state index in [-0.39, 0.29) is 0 Å². The molecular formula is C19H18ClNO5. The van der Waals surface area contributed by atoms with Crippen LogP contribution in [0.25, 0.3) is 6.08 Å². The van der Waals surface area contributed by atoms with Crippen LogP contribution in [0.15, 0.2) is 48.5 Å². The molecule has 0 aliphatic carbocycles. The van der Waals surface area contributed by atoms with Crippen molar-refractivity contribution < 1.29 is 23.8 Å². The van der Waals surface area contributed by atoms with Crippen LogP contribution in [0.3, 0.4) is 0 Å². The number of carbonyl (C=O) groups excluding carboxylic acids is 2.